The number of Topliss-reactive ketones (excluding diaryl/α,β-unsaturated/α-hetero) is 1. The highest BCUT2D eigenvalue weighted by Gasteiger charge is 2.50. The van der Waals surface area contributed by atoms with Gasteiger partial charge in [0.15, 0.2) is 0 Å². The van der Waals surface area contributed by atoms with Gasteiger partial charge in [-0.3, -0.25) is 14.4 Å². The fourth-order valence-electron chi connectivity index (χ4n) is 4.73. The largest absolute Gasteiger partial charge is 0.467 e. The van der Waals surface area contributed by atoms with E-state index in [1.165, 1.54) is 7.11 Å². The summed E-state index contributed by atoms with van der Waals surface area (Å²) < 4.78 is 4.89. The maximum atomic E-state index is 12.7. The zero-order valence-electron chi connectivity index (χ0n) is 20.7. The van der Waals surface area contributed by atoms with Gasteiger partial charge in [-0.25, -0.2) is 4.79 Å². The summed E-state index contributed by atoms with van der Waals surface area (Å²) in [5.41, 5.74) is 1.21. The second kappa shape index (κ2) is 11.4. The second-order valence-corrected chi connectivity index (χ2v) is 10.5. The zero-order chi connectivity index (χ0) is 26.6. The molecule has 2 amide bonds. The van der Waals surface area contributed by atoms with Crippen LogP contribution >= 0.6 is 23.2 Å². The monoisotopic (exact) mass is 532 g/mol. The number of anilines is 1. The minimum absolute atomic E-state index is 0.0420. The van der Waals surface area contributed by atoms with Gasteiger partial charge in [-0.05, 0) is 54.5 Å². The highest BCUT2D eigenvalue weighted by atomic mass is 35.5. The van der Waals surface area contributed by atoms with Gasteiger partial charge in [0.2, 0.25) is 5.91 Å². The molecule has 3 atom stereocenters. The molecule has 9 heteroatoms. The van der Waals surface area contributed by atoms with Crippen LogP contribution in [0.2, 0.25) is 10.0 Å². The molecule has 0 saturated heterocycles. The van der Waals surface area contributed by atoms with Gasteiger partial charge in [0, 0.05) is 24.4 Å². The lowest BCUT2D eigenvalue weighted by molar-refractivity contribution is -0.146. The molecule has 2 aromatic rings. The lowest BCUT2D eigenvalue weighted by atomic mass is 9.52. The van der Waals surface area contributed by atoms with Crippen molar-refractivity contribution in [2.24, 2.45) is 17.3 Å². The van der Waals surface area contributed by atoms with E-state index in [-0.39, 0.29) is 57.4 Å². The maximum absolute atomic E-state index is 12.7. The van der Waals surface area contributed by atoms with E-state index in [0.717, 1.165) is 5.56 Å². The van der Waals surface area contributed by atoms with Crippen molar-refractivity contribution in [3.8, 4) is 0 Å². The number of amides is 2. The van der Waals surface area contributed by atoms with Gasteiger partial charge in [-0.2, -0.15) is 0 Å². The van der Waals surface area contributed by atoms with Crippen LogP contribution in [0.1, 0.15) is 49.5 Å². The van der Waals surface area contributed by atoms with Crippen molar-refractivity contribution < 1.29 is 23.9 Å². The molecule has 1 aliphatic carbocycles. The van der Waals surface area contributed by atoms with Crippen molar-refractivity contribution in [3.05, 3.63) is 63.6 Å². The van der Waals surface area contributed by atoms with Gasteiger partial charge in [0.25, 0.3) is 5.91 Å². The Morgan fingerprint density at radius 2 is 1.67 bits per heavy atom. The number of nitrogens with one attached hydrogen (secondary N) is 2. The Hall–Kier alpha value is -2.90. The zero-order valence-corrected chi connectivity index (χ0v) is 22.2. The van der Waals surface area contributed by atoms with Crippen molar-refractivity contribution in [2.45, 2.75) is 46.1 Å². The lowest BCUT2D eigenvalue weighted by Crippen LogP contribution is -2.51. The summed E-state index contributed by atoms with van der Waals surface area (Å²) in [5.74, 6) is -1.09. The Morgan fingerprint density at radius 1 is 1.06 bits per heavy atom. The highest BCUT2D eigenvalue weighted by Crippen LogP contribution is 2.53. The van der Waals surface area contributed by atoms with Crippen molar-refractivity contribution in [3.63, 3.8) is 0 Å². The Kier molecular flexibility index (Phi) is 8.80. The minimum atomic E-state index is -0.864. The smallest absolute Gasteiger partial charge is 0.328 e. The number of carbonyl (C=O) groups is 4. The minimum Gasteiger partial charge on any atom is -0.467 e. The van der Waals surface area contributed by atoms with E-state index in [4.69, 9.17) is 27.9 Å². The third-order valence-electron chi connectivity index (χ3n) is 7.06. The third-order valence-corrected chi connectivity index (χ3v) is 7.69. The van der Waals surface area contributed by atoms with Crippen LogP contribution in [-0.4, -0.2) is 36.7 Å². The first kappa shape index (κ1) is 27.7. The van der Waals surface area contributed by atoms with E-state index >= 15 is 0 Å². The van der Waals surface area contributed by atoms with E-state index in [9.17, 15) is 19.2 Å². The first-order chi connectivity index (χ1) is 16.9. The average molecular weight is 533 g/mol. The van der Waals surface area contributed by atoms with E-state index in [2.05, 4.69) is 10.6 Å². The molecule has 1 saturated carbocycles. The van der Waals surface area contributed by atoms with Gasteiger partial charge in [-0.1, -0.05) is 55.2 Å². The Morgan fingerprint density at radius 3 is 2.19 bits per heavy atom. The molecule has 0 radical (unpaired) electrons. The lowest BCUT2D eigenvalue weighted by Gasteiger charge is -2.51. The third kappa shape index (κ3) is 6.26. The van der Waals surface area contributed by atoms with Crippen LogP contribution in [0.5, 0.6) is 0 Å². The van der Waals surface area contributed by atoms with Gasteiger partial charge in [-0.15, -0.1) is 0 Å². The molecular formula is C27H30Cl2N2O5. The van der Waals surface area contributed by atoms with Gasteiger partial charge in [0.05, 0.1) is 22.7 Å². The number of hydrogen-bond donors (Lipinski definition) is 2. The fraction of sp³-hybridized carbons (Fsp3) is 0.407. The average Bonchev–Trinajstić information content (AvgIpc) is 2.81. The fourth-order valence-corrected chi connectivity index (χ4v) is 5.30. The summed E-state index contributed by atoms with van der Waals surface area (Å²) in [5, 5.41) is 6.02. The van der Waals surface area contributed by atoms with Gasteiger partial charge < -0.3 is 15.4 Å². The molecule has 0 aliphatic heterocycles. The van der Waals surface area contributed by atoms with E-state index in [1.54, 1.807) is 49.4 Å². The number of halogens is 2. The number of methoxy groups -OCH3 is 1. The molecular weight excluding hydrogens is 503 g/mol. The van der Waals surface area contributed by atoms with Crippen molar-refractivity contribution in [1.82, 2.24) is 5.32 Å². The summed E-state index contributed by atoms with van der Waals surface area (Å²) in [6.07, 6.45) is 1.12. The summed E-state index contributed by atoms with van der Waals surface area (Å²) in [6, 6.07) is 10.8. The van der Waals surface area contributed by atoms with Crippen molar-refractivity contribution in [1.29, 1.82) is 0 Å². The number of esters is 1. The van der Waals surface area contributed by atoms with Crippen molar-refractivity contribution >= 4 is 52.5 Å². The number of ether oxygens (including phenoxy) is 1. The molecule has 2 N–H and O–H groups in total. The highest BCUT2D eigenvalue weighted by molar-refractivity contribution is 6.40. The first-order valence-electron chi connectivity index (χ1n) is 11.7. The van der Waals surface area contributed by atoms with Crippen LogP contribution in [0.4, 0.5) is 5.69 Å². The summed E-state index contributed by atoms with van der Waals surface area (Å²) >= 11 is 12.2. The van der Waals surface area contributed by atoms with Crippen LogP contribution in [0.3, 0.4) is 0 Å². The number of benzene rings is 2. The number of hydrogen-bond acceptors (Lipinski definition) is 5. The Labute approximate surface area is 220 Å². The molecule has 0 spiro atoms. The first-order valence-corrected chi connectivity index (χ1v) is 12.4. The summed E-state index contributed by atoms with van der Waals surface area (Å²) in [7, 11) is 1.27. The quantitative estimate of drug-likeness (QED) is 0.438. The molecule has 2 aromatic carbocycles. The Bertz CT molecular complexity index is 1140. The van der Waals surface area contributed by atoms with Crippen LogP contribution < -0.4 is 10.6 Å². The van der Waals surface area contributed by atoms with Crippen LogP contribution in [0, 0.1) is 17.3 Å². The van der Waals surface area contributed by atoms with E-state index in [1.807, 2.05) is 13.8 Å². The topological polar surface area (TPSA) is 102 Å². The van der Waals surface area contributed by atoms with Crippen LogP contribution in [0.15, 0.2) is 42.5 Å². The molecule has 7 nitrogen and oxygen atoms in total. The molecule has 0 heterocycles. The van der Waals surface area contributed by atoms with Crippen LogP contribution in [-0.2, 0) is 25.5 Å². The number of ketones is 1. The molecule has 36 heavy (non-hydrogen) atoms. The van der Waals surface area contributed by atoms with Crippen LogP contribution in [0.25, 0.3) is 0 Å². The molecule has 3 rings (SSSR count). The second-order valence-electron chi connectivity index (χ2n) is 9.72. The standard InChI is InChI=1S/C27H30Cl2N2O5/c1-15(32)19-13-17(27(19,2)3)14-23(33)31-22(26(35)36-4)12-16-8-10-18(11-9-16)30-25(34)24-20(28)6-5-7-21(24)29/h5-11,17,19,22H,12-14H2,1-4H3,(H,30,34)(H,31,33). The number of rotatable bonds is 9. The molecule has 1 fully saturated rings. The Balaban J connectivity index is 1.62. The predicted octanol–water partition coefficient (Wildman–Crippen LogP) is 5.09. The van der Waals surface area contributed by atoms with Crippen molar-refractivity contribution in [2.75, 3.05) is 12.4 Å². The van der Waals surface area contributed by atoms with E-state index < -0.39 is 17.9 Å². The SMILES string of the molecule is COC(=O)C(Cc1ccc(NC(=O)c2c(Cl)cccc2Cl)cc1)NC(=O)CC1CC(C(C)=O)C1(C)C. The normalized spacial score (nSPS) is 18.9. The molecule has 0 bridgehead atoms. The molecule has 192 valence electrons. The maximum Gasteiger partial charge on any atom is 0.328 e. The van der Waals surface area contributed by atoms with Gasteiger partial charge in [0.1, 0.15) is 11.8 Å². The molecule has 3 unspecified atom stereocenters. The van der Waals surface area contributed by atoms with E-state index in [0.29, 0.717) is 12.1 Å². The predicted molar refractivity (Wildman–Crippen MR) is 139 cm³/mol. The summed E-state index contributed by atoms with van der Waals surface area (Å²) in [6.45, 7) is 5.58. The molecule has 0 aromatic heterocycles. The molecule has 1 aliphatic rings. The van der Waals surface area contributed by atoms with Gasteiger partial charge >= 0.3 is 5.97 Å². The summed E-state index contributed by atoms with van der Waals surface area (Å²) in [4.78, 5) is 49.4. The number of carbonyl (C=O) groups excluding carboxylic acids is 4.